The first-order chi connectivity index (χ1) is 9.35. The Bertz CT molecular complexity index is 328. The first kappa shape index (κ1) is 19.5. The van der Waals surface area contributed by atoms with Gasteiger partial charge in [-0.1, -0.05) is 65.8 Å². The van der Waals surface area contributed by atoms with Crippen molar-refractivity contribution in [3.05, 3.63) is 35.4 Å². The fourth-order valence-electron chi connectivity index (χ4n) is 1.51. The molecule has 20 heavy (non-hydrogen) atoms. The molecule has 0 atom stereocenters. The van der Waals surface area contributed by atoms with Crippen LogP contribution in [0.3, 0.4) is 0 Å². The van der Waals surface area contributed by atoms with Crippen LogP contribution in [0.15, 0.2) is 24.3 Å². The molecule has 2 heteroatoms. The molecule has 0 spiro atoms. The van der Waals surface area contributed by atoms with Crippen LogP contribution in [0, 0.1) is 5.92 Å². The second-order valence-electron chi connectivity index (χ2n) is 6.22. The highest BCUT2D eigenvalue weighted by Crippen LogP contribution is 2.18. The minimum absolute atomic E-state index is 0.634. The number of thioether (sulfide) groups is 1. The van der Waals surface area contributed by atoms with Crippen LogP contribution in [0.5, 0.6) is 0 Å². The average molecular weight is 296 g/mol. The van der Waals surface area contributed by atoms with Gasteiger partial charge in [-0.05, 0) is 35.8 Å². The molecule has 0 saturated heterocycles. The lowest BCUT2D eigenvalue weighted by atomic mass is 10.0. The summed E-state index contributed by atoms with van der Waals surface area (Å²) in [4.78, 5) is 0. The summed E-state index contributed by atoms with van der Waals surface area (Å²) >= 11 is 2.00. The van der Waals surface area contributed by atoms with Crippen LogP contribution in [0.4, 0.5) is 0 Å². The molecule has 0 saturated carbocycles. The molecule has 0 fully saturated rings. The summed E-state index contributed by atoms with van der Waals surface area (Å²) in [5, 5.41) is 3.75. The maximum absolute atomic E-state index is 3.03. The molecule has 0 radical (unpaired) electrons. The van der Waals surface area contributed by atoms with Gasteiger partial charge in [0.2, 0.25) is 0 Å². The Kier molecular flexibility index (Phi) is 11.0. The molecule has 0 aliphatic carbocycles. The van der Waals surface area contributed by atoms with Gasteiger partial charge in [0.05, 0.1) is 0 Å². The zero-order valence-electron chi connectivity index (χ0n) is 14.4. The Hall–Kier alpha value is -0.470. The van der Waals surface area contributed by atoms with E-state index in [2.05, 4.69) is 71.1 Å². The van der Waals surface area contributed by atoms with Gasteiger partial charge in [-0.3, -0.25) is 0 Å². The van der Waals surface area contributed by atoms with E-state index in [4.69, 9.17) is 0 Å². The highest BCUT2D eigenvalue weighted by molar-refractivity contribution is 7.99. The van der Waals surface area contributed by atoms with Crippen LogP contribution in [-0.2, 0) is 12.2 Å². The van der Waals surface area contributed by atoms with Crippen molar-refractivity contribution in [1.82, 2.24) is 5.32 Å². The molecule has 0 unspecified atom stereocenters. The molecule has 0 heterocycles. The van der Waals surface area contributed by atoms with Crippen molar-refractivity contribution in [1.29, 1.82) is 0 Å². The van der Waals surface area contributed by atoms with Gasteiger partial charge in [0.15, 0.2) is 0 Å². The maximum Gasteiger partial charge on any atom is 0.0187 e. The summed E-state index contributed by atoms with van der Waals surface area (Å²) in [6, 6.07) is 9.72. The Morgan fingerprint density at radius 1 is 0.900 bits per heavy atom. The van der Waals surface area contributed by atoms with Crippen molar-refractivity contribution in [3.8, 4) is 0 Å². The smallest absolute Gasteiger partial charge is 0.0187 e. The molecule has 0 aliphatic rings. The number of nitrogens with one attached hydrogen (secondary N) is 1. The molecule has 1 rings (SSSR count). The quantitative estimate of drug-likeness (QED) is 0.779. The predicted octanol–water partition coefficient (Wildman–Crippen LogP) is 5.14. The lowest BCUT2D eigenvalue weighted by Crippen LogP contribution is -2.15. The molecule has 0 aliphatic heterocycles. The van der Waals surface area contributed by atoms with Crippen LogP contribution in [0.1, 0.15) is 52.7 Å². The average Bonchev–Trinajstić information content (AvgIpc) is 2.38. The van der Waals surface area contributed by atoms with Gasteiger partial charge in [0.25, 0.3) is 0 Å². The normalized spacial score (nSPS) is 10.9. The Labute approximate surface area is 130 Å². The van der Waals surface area contributed by atoms with Crippen LogP contribution in [0.25, 0.3) is 0 Å². The van der Waals surface area contributed by atoms with Crippen molar-refractivity contribution in [2.75, 3.05) is 7.05 Å². The second-order valence-corrected chi connectivity index (χ2v) is 7.78. The van der Waals surface area contributed by atoms with Gasteiger partial charge in [-0.2, -0.15) is 11.8 Å². The van der Waals surface area contributed by atoms with Crippen molar-refractivity contribution in [2.24, 2.45) is 5.92 Å². The molecular formula is C18H33NS. The first-order valence-electron chi connectivity index (χ1n) is 7.71. The third-order valence-electron chi connectivity index (χ3n) is 2.83. The summed E-state index contributed by atoms with van der Waals surface area (Å²) in [6.45, 7) is 13.3. The van der Waals surface area contributed by atoms with Crippen LogP contribution in [-0.4, -0.2) is 18.3 Å². The number of hydrogen-bond donors (Lipinski definition) is 1. The molecule has 1 aromatic carbocycles. The van der Waals surface area contributed by atoms with E-state index in [0.29, 0.717) is 6.04 Å². The lowest BCUT2D eigenvalue weighted by Gasteiger charge is -2.07. The van der Waals surface area contributed by atoms with Gasteiger partial charge < -0.3 is 5.32 Å². The van der Waals surface area contributed by atoms with Crippen LogP contribution < -0.4 is 5.32 Å². The monoisotopic (exact) mass is 295 g/mol. The second kappa shape index (κ2) is 11.2. The number of hydrogen-bond acceptors (Lipinski definition) is 2. The molecule has 116 valence electrons. The maximum atomic E-state index is 3.03. The van der Waals surface area contributed by atoms with Gasteiger partial charge in [-0.15, -0.1) is 0 Å². The van der Waals surface area contributed by atoms with E-state index in [1.807, 2.05) is 18.8 Å². The summed E-state index contributed by atoms with van der Waals surface area (Å²) in [7, 11) is 1.95. The fourth-order valence-corrected chi connectivity index (χ4v) is 2.22. The zero-order chi connectivity index (χ0) is 15.5. The van der Waals surface area contributed by atoms with E-state index < -0.39 is 0 Å². The van der Waals surface area contributed by atoms with E-state index in [9.17, 15) is 0 Å². The first-order valence-corrected chi connectivity index (χ1v) is 8.76. The summed E-state index contributed by atoms with van der Waals surface area (Å²) in [5.41, 5.74) is 2.91. The Morgan fingerprint density at radius 3 is 1.70 bits per heavy atom. The standard InChI is InChI=1S/C14H22S.C4H11N/c1-11(2)9-13-5-7-14(8-6-13)10-15-12(3)4;1-4(2)5-3/h5-8,11-12H,9-10H2,1-4H3;4-5H,1-3H3. The molecule has 0 aromatic heterocycles. The minimum Gasteiger partial charge on any atom is -0.318 e. The number of benzene rings is 1. The SMILES string of the molecule is CC(C)Cc1ccc(CSC(C)C)cc1.CNC(C)C. The van der Waals surface area contributed by atoms with Gasteiger partial charge in [-0.25, -0.2) is 0 Å². The molecule has 0 amide bonds. The molecule has 1 nitrogen and oxygen atoms in total. The third-order valence-corrected chi connectivity index (χ3v) is 3.99. The van der Waals surface area contributed by atoms with E-state index in [1.165, 1.54) is 17.5 Å². The molecular weight excluding hydrogens is 262 g/mol. The number of rotatable bonds is 6. The molecule has 1 aromatic rings. The predicted molar refractivity (Wildman–Crippen MR) is 95.6 cm³/mol. The lowest BCUT2D eigenvalue weighted by molar-refractivity contribution is 0.647. The van der Waals surface area contributed by atoms with Crippen LogP contribution in [0.2, 0.25) is 0 Å². The Balaban J connectivity index is 0.000000621. The third kappa shape index (κ3) is 11.4. The highest BCUT2D eigenvalue weighted by Gasteiger charge is 1.99. The van der Waals surface area contributed by atoms with E-state index in [1.54, 1.807) is 0 Å². The van der Waals surface area contributed by atoms with Crippen molar-refractivity contribution < 1.29 is 0 Å². The van der Waals surface area contributed by atoms with Crippen molar-refractivity contribution in [2.45, 2.75) is 65.0 Å². The Morgan fingerprint density at radius 2 is 1.35 bits per heavy atom. The summed E-state index contributed by atoms with van der Waals surface area (Å²) in [6.07, 6.45) is 1.19. The molecule has 1 N–H and O–H groups in total. The summed E-state index contributed by atoms with van der Waals surface area (Å²) < 4.78 is 0. The van der Waals surface area contributed by atoms with Crippen molar-refractivity contribution in [3.63, 3.8) is 0 Å². The van der Waals surface area contributed by atoms with Crippen LogP contribution >= 0.6 is 11.8 Å². The molecule has 0 bridgehead atoms. The van der Waals surface area contributed by atoms with Gasteiger partial charge in [0.1, 0.15) is 0 Å². The van der Waals surface area contributed by atoms with E-state index in [-0.39, 0.29) is 0 Å². The van der Waals surface area contributed by atoms with E-state index in [0.717, 1.165) is 16.9 Å². The fraction of sp³-hybridized carbons (Fsp3) is 0.667. The zero-order valence-corrected chi connectivity index (χ0v) is 15.2. The largest absolute Gasteiger partial charge is 0.318 e. The minimum atomic E-state index is 0.634. The van der Waals surface area contributed by atoms with Gasteiger partial charge >= 0.3 is 0 Å². The summed E-state index contributed by atoms with van der Waals surface area (Å²) in [5.74, 6) is 1.89. The topological polar surface area (TPSA) is 12.0 Å². The van der Waals surface area contributed by atoms with Gasteiger partial charge in [0, 0.05) is 11.8 Å². The van der Waals surface area contributed by atoms with Crippen molar-refractivity contribution >= 4 is 11.8 Å². The highest BCUT2D eigenvalue weighted by atomic mass is 32.2. The van der Waals surface area contributed by atoms with E-state index >= 15 is 0 Å².